The molecule has 760 valence electrons. The maximum atomic E-state index is 14.3. The second-order valence-corrected chi connectivity index (χ2v) is 53.9. The third-order valence-corrected chi connectivity index (χ3v) is 39.8. The van der Waals surface area contributed by atoms with Crippen LogP contribution in [-0.4, -0.2) is 286 Å². The van der Waals surface area contributed by atoms with Gasteiger partial charge in [0.25, 0.3) is 11.8 Å². The Balaban J connectivity index is 0.000000207. The lowest BCUT2D eigenvalue weighted by atomic mass is 10.0. The smallest absolute Gasteiger partial charge is 0.408 e. The Morgan fingerprint density at radius 3 is 1.56 bits per heavy atom. The predicted molar refractivity (Wildman–Crippen MR) is 536 cm³/mol. The standard InChI is InChI=1S/C39H49N9O12P2Si.C39H49N9O10P2S2Si.2C6H15N/c1-23-26(17-49)56-37(30(23)58-61(52)53)47-21-44-28-25(40-19-41-33(28)47)15-11-8-12-16-46(36(51)24-13-9-7-10-14-24)34-29-35(43-20-42-34)48(22-45-29)38-32(59-62(54)55)31(27(18-50)57-38)60-63(5,6)39(2,3)4;1-23-26-17-52-60(51,62)57-32-31(58-63(5,6)39(2,3)4)27-18-53-59(50,61)56-30(23)37(54-26)47-21-44-28-25(40-19-41-33(28)47)15-11-8-12-16-46(36(49)24-13-9-7-10-14-24)34-29-35(43-20-42-34)48(22-45-29)38(32)55-27;2*1-4-7(5-2)6-3/h7-10,12-14,19-23,26-27,30-32,37-38,49-50H,11,15-18H2,1-6H3;7-10,12-14,19-23,26-27,30-32,37-38H,11,15-18H2,1-6H3,(H,50,61)(H,51,62);2*4-6H2,1-3H3/p+2/b2*12-8+;;/t23-,26-,27-,30-,31-,32-,37-,38?;23-,26-,27-,30-,31-,32-,37-,38?,59?,60?;;/m11../s1. The highest BCUT2D eigenvalue weighted by molar-refractivity contribution is 8.07. The fraction of sp³-hybridized carbons (Fsp3) is 0.578. The van der Waals surface area contributed by atoms with Crippen molar-refractivity contribution in [3.63, 3.8) is 0 Å². The fourth-order valence-corrected chi connectivity index (χ4v) is 23.3. The number of allylic oxidation sites excluding steroid dienone is 2. The summed E-state index contributed by atoms with van der Waals surface area (Å²) in [7, 11) is -11.3. The Kier molecular flexibility index (Phi) is 37.2. The maximum absolute atomic E-state index is 14.3. The van der Waals surface area contributed by atoms with Gasteiger partial charge in [0, 0.05) is 45.2 Å². The van der Waals surface area contributed by atoms with Crippen molar-refractivity contribution in [2.75, 3.05) is 88.6 Å². The predicted octanol–water partition coefficient (Wildman–Crippen LogP) is 13.3. The molecule has 5 saturated heterocycles. The van der Waals surface area contributed by atoms with Crippen LogP contribution in [0.15, 0.2) is 136 Å². The quantitative estimate of drug-likeness (QED) is 0.0167. The van der Waals surface area contributed by atoms with E-state index in [2.05, 4.69) is 156 Å². The fourth-order valence-electron chi connectivity index (χ4n) is 16.8. The number of amides is 2. The molecule has 6 N–H and O–H groups in total. The molecule has 7 aliphatic heterocycles. The van der Waals surface area contributed by atoms with Gasteiger partial charge in [-0.2, -0.15) is 0 Å². The van der Waals surface area contributed by atoms with Crippen LogP contribution in [-0.2, 0) is 101 Å². The zero-order valence-corrected chi connectivity index (χ0v) is 89.2. The van der Waals surface area contributed by atoms with E-state index in [1.165, 1.54) is 97.9 Å². The first-order chi connectivity index (χ1) is 66.6. The van der Waals surface area contributed by atoms with Gasteiger partial charge in [0.1, 0.15) is 73.0 Å². The van der Waals surface area contributed by atoms with Gasteiger partial charge in [-0.3, -0.25) is 42.2 Å². The Hall–Kier alpha value is -7.81. The van der Waals surface area contributed by atoms with Crippen LogP contribution in [0.25, 0.3) is 44.7 Å². The Bertz CT molecular complexity index is 6040. The van der Waals surface area contributed by atoms with Gasteiger partial charge in [0.05, 0.1) is 75.3 Å². The highest BCUT2D eigenvalue weighted by Gasteiger charge is 2.58. The minimum Gasteiger partial charge on any atom is -0.408 e. The molecule has 17 rings (SSSR count). The number of benzene rings is 2. The molecule has 10 aromatic rings. The molecule has 2 amide bonds. The third kappa shape index (κ3) is 25.1. The molecule has 14 bridgehead atoms. The number of hydrogen-bond donors (Lipinski definition) is 6. The molecule has 7 aliphatic rings. The van der Waals surface area contributed by atoms with E-state index in [9.17, 15) is 48.5 Å². The lowest BCUT2D eigenvalue weighted by Gasteiger charge is -2.41. The highest BCUT2D eigenvalue weighted by atomic mass is 32.5. The van der Waals surface area contributed by atoms with E-state index in [4.69, 9.17) is 88.5 Å². The Morgan fingerprint density at radius 1 is 0.529 bits per heavy atom. The number of aliphatic hydroxyl groups excluding tert-OH is 2. The van der Waals surface area contributed by atoms with Crippen molar-refractivity contribution in [2.45, 2.75) is 245 Å². The maximum Gasteiger partial charge on any atom is 0.695 e. The summed E-state index contributed by atoms with van der Waals surface area (Å²) >= 11 is 11.5. The minimum absolute atomic E-state index is 0.0733. The Labute approximate surface area is 828 Å². The number of aromatic nitrogens is 16. The van der Waals surface area contributed by atoms with Crippen molar-refractivity contribution < 1.29 is 103 Å². The molecule has 0 saturated carbocycles. The Morgan fingerprint density at radius 2 is 0.993 bits per heavy atom. The van der Waals surface area contributed by atoms with Crippen LogP contribution in [0.1, 0.15) is 167 Å². The second-order valence-electron chi connectivity index (χ2n) is 37.5. The number of fused-ring (bicyclic) bond motifs is 12. The molecule has 50 heteroatoms. The average molecular weight is 2090 g/mol. The monoisotopic (exact) mass is 2090 g/mol. The van der Waals surface area contributed by atoms with Crippen LogP contribution in [0.4, 0.5) is 11.6 Å². The number of rotatable bonds is 26. The van der Waals surface area contributed by atoms with Crippen LogP contribution < -0.4 is 9.80 Å². The lowest BCUT2D eigenvalue weighted by Crippen LogP contribution is -2.50. The van der Waals surface area contributed by atoms with Crippen molar-refractivity contribution in [3.8, 4) is 0 Å². The topological polar surface area (TPSA) is 488 Å². The van der Waals surface area contributed by atoms with Crippen LogP contribution >= 0.6 is 29.9 Å². The summed E-state index contributed by atoms with van der Waals surface area (Å²) in [6.45, 7) is 35.2. The summed E-state index contributed by atoms with van der Waals surface area (Å²) in [5.41, 5.74) is 5.13. The largest absolute Gasteiger partial charge is 0.695 e. The summed E-state index contributed by atoms with van der Waals surface area (Å²) < 4.78 is 106. The third-order valence-electron chi connectivity index (χ3n) is 26.9. The molecule has 0 spiro atoms. The van der Waals surface area contributed by atoms with Crippen molar-refractivity contribution in [1.29, 1.82) is 0 Å². The number of anilines is 2. The first kappa shape index (κ1) is 109. The molecular weight excluding hydrogens is 1960 g/mol. The van der Waals surface area contributed by atoms with Gasteiger partial charge in [-0.15, -0.1) is 18.8 Å². The van der Waals surface area contributed by atoms with E-state index in [1.807, 2.05) is 50.4 Å². The molecule has 15 heterocycles. The van der Waals surface area contributed by atoms with E-state index in [1.54, 1.807) is 81.5 Å². The molecule has 6 unspecified atom stereocenters. The summed E-state index contributed by atoms with van der Waals surface area (Å²) in [6, 6.07) is 17.6. The summed E-state index contributed by atoms with van der Waals surface area (Å²) in [4.78, 5) is 134. The molecule has 42 nitrogen and oxygen atoms in total. The van der Waals surface area contributed by atoms with E-state index in [0.29, 0.717) is 70.5 Å². The molecule has 140 heavy (non-hydrogen) atoms. The average Bonchev–Trinajstić information content (AvgIpc) is 1.60. The lowest BCUT2D eigenvalue weighted by molar-refractivity contribution is -0.0610. The first-order valence-electron chi connectivity index (χ1n) is 47.0. The minimum atomic E-state index is -4.14. The number of aryl methyl sites for hydroxylation is 2. The zero-order valence-electron chi connectivity index (χ0n) is 82.0. The number of hydrogen-bond acceptors (Lipinski definition) is 34. The molecule has 20 atom stereocenters. The summed E-state index contributed by atoms with van der Waals surface area (Å²) in [5.74, 6) is -1.11. The normalized spacial score (nSPS) is 26.8. The number of carbonyl (C=O) groups is 2. The molecule has 5 fully saturated rings. The van der Waals surface area contributed by atoms with Crippen molar-refractivity contribution in [2.24, 2.45) is 11.8 Å². The van der Waals surface area contributed by atoms with Crippen LogP contribution in [0.3, 0.4) is 0 Å². The number of aliphatic hydroxyl groups is 2. The van der Waals surface area contributed by atoms with Gasteiger partial charge in [-0.25, -0.2) is 59.8 Å². The van der Waals surface area contributed by atoms with Gasteiger partial charge in [-0.05, 0) is 149 Å². The molecule has 0 aliphatic carbocycles. The molecule has 0 radical (unpaired) electrons. The van der Waals surface area contributed by atoms with Crippen LogP contribution in [0, 0.1) is 11.8 Å². The van der Waals surface area contributed by atoms with Gasteiger partial charge in [0.2, 0.25) is 0 Å². The SMILES string of the molecule is CCN(CC)CC.CCN(CC)CC.C[C@H]1[C@@H](O[P+](=O)O)[C@H](n2cnc3c(CC/C=C/CN(C(=O)c4ccccc4)c4ncnc5c4ncn5C4O[C@H](CO)[C@@H](O[Si](C)(C)C(C)(C)C)[C@H]4O[P+](=O)O)ncnc32)O[C@@H]1CO.C[C@H]1[C@H]2OP(O)(=S)OC[C@H]3OC4[C@H](OP(O)(=S)OC[C@H]1O[C@H]2n1cnc2c(ncnc21)CC/C=C/CN(C(=O)c1ccccc1)c1ncnc2c1ncn24)[C@@H]3O[Si](C)(C)C(C)(C)C. The number of nitrogens with zero attached hydrogens (tertiary/aromatic N) is 20. The molecule has 8 aromatic heterocycles. The van der Waals surface area contributed by atoms with Crippen molar-refractivity contribution >= 4 is 138 Å². The van der Waals surface area contributed by atoms with E-state index >= 15 is 0 Å². The number of ether oxygens (including phenoxy) is 4. The molecule has 2 aromatic carbocycles. The van der Waals surface area contributed by atoms with Gasteiger partial charge in [-0.1, -0.05) is 158 Å². The second kappa shape index (κ2) is 47.6. The summed E-state index contributed by atoms with van der Waals surface area (Å²) in [6.07, 6.45) is 7.90. The number of imidazole rings is 4. The summed E-state index contributed by atoms with van der Waals surface area (Å²) in [5, 5.41) is 19.7. The molecular formula is C90H130N20O22P4S2Si2+2. The zero-order chi connectivity index (χ0) is 101. The van der Waals surface area contributed by atoms with E-state index in [-0.39, 0.29) is 88.8 Å². The van der Waals surface area contributed by atoms with Gasteiger partial charge >= 0.3 is 29.9 Å². The van der Waals surface area contributed by atoms with Gasteiger partial charge in [0.15, 0.2) is 99.0 Å². The van der Waals surface area contributed by atoms with E-state index in [0.717, 1.165) is 0 Å². The number of carbonyl (C=O) groups excluding carboxylic acids is 2. The van der Waals surface area contributed by atoms with E-state index < -0.39 is 151 Å². The van der Waals surface area contributed by atoms with Crippen molar-refractivity contribution in [1.82, 2.24) is 87.9 Å². The van der Waals surface area contributed by atoms with Crippen molar-refractivity contribution in [3.05, 3.63) is 158 Å². The van der Waals surface area contributed by atoms with Gasteiger partial charge < -0.3 is 71.2 Å². The first-order valence-corrected chi connectivity index (χ1v) is 60.2. The van der Waals surface area contributed by atoms with Crippen LogP contribution in [0.2, 0.25) is 36.3 Å². The van der Waals surface area contributed by atoms with Crippen LogP contribution in [0.5, 0.6) is 0 Å². The highest BCUT2D eigenvalue weighted by Crippen LogP contribution is 2.57.